The summed E-state index contributed by atoms with van der Waals surface area (Å²) in [5.74, 6) is 0.852. The van der Waals surface area contributed by atoms with Crippen LogP contribution in [0.3, 0.4) is 0 Å². The molecule has 0 aliphatic rings. The maximum Gasteiger partial charge on any atom is 0.159 e. The Labute approximate surface area is 114 Å². The average molecular weight is 278 g/mol. The lowest BCUT2D eigenvalue weighted by Crippen LogP contribution is -1.98. The molecule has 3 aromatic rings. The van der Waals surface area contributed by atoms with Crippen molar-refractivity contribution in [2.24, 2.45) is 0 Å². The normalized spacial score (nSPS) is 11.0. The number of nitrogens with zero attached hydrogens (tertiary/aromatic N) is 3. The second-order valence-corrected chi connectivity index (χ2v) is 4.71. The zero-order valence-corrected chi connectivity index (χ0v) is 10.9. The standard InChI is InChI=1S/C13H9Cl2N3/c14-10-7-11(15)18-12(16-8-13(18)17-10)6-9-4-2-1-3-5-9/h1-5,7-8H,6H2. The van der Waals surface area contributed by atoms with Gasteiger partial charge in [-0.1, -0.05) is 53.5 Å². The van der Waals surface area contributed by atoms with Gasteiger partial charge in [0.15, 0.2) is 5.65 Å². The van der Waals surface area contributed by atoms with E-state index in [1.807, 2.05) is 18.2 Å². The Morgan fingerprint density at radius 1 is 1.11 bits per heavy atom. The maximum absolute atomic E-state index is 6.17. The molecule has 0 saturated carbocycles. The molecule has 0 radical (unpaired) electrons. The predicted molar refractivity (Wildman–Crippen MR) is 72.3 cm³/mol. The minimum Gasteiger partial charge on any atom is -0.270 e. The van der Waals surface area contributed by atoms with Crippen molar-refractivity contribution >= 4 is 28.8 Å². The Balaban J connectivity index is 2.08. The first-order chi connectivity index (χ1) is 8.74. The predicted octanol–water partition coefficient (Wildman–Crippen LogP) is 3.63. The molecule has 18 heavy (non-hydrogen) atoms. The molecule has 3 nitrogen and oxygen atoms in total. The van der Waals surface area contributed by atoms with Crippen LogP contribution in [-0.2, 0) is 6.42 Å². The summed E-state index contributed by atoms with van der Waals surface area (Å²) in [5, 5.41) is 0.895. The van der Waals surface area contributed by atoms with Gasteiger partial charge >= 0.3 is 0 Å². The third kappa shape index (κ3) is 2.07. The van der Waals surface area contributed by atoms with E-state index in [1.165, 1.54) is 5.56 Å². The van der Waals surface area contributed by atoms with Crippen LogP contribution in [0.15, 0.2) is 42.6 Å². The van der Waals surface area contributed by atoms with E-state index in [-0.39, 0.29) is 0 Å². The van der Waals surface area contributed by atoms with Crippen molar-refractivity contribution in [1.29, 1.82) is 0 Å². The van der Waals surface area contributed by atoms with Crippen LogP contribution in [0.2, 0.25) is 10.3 Å². The maximum atomic E-state index is 6.17. The minimum atomic E-state index is 0.374. The molecule has 0 aliphatic carbocycles. The molecular formula is C13H9Cl2N3. The molecule has 90 valence electrons. The van der Waals surface area contributed by atoms with Crippen LogP contribution in [0.5, 0.6) is 0 Å². The van der Waals surface area contributed by atoms with Gasteiger partial charge in [0, 0.05) is 12.5 Å². The van der Waals surface area contributed by atoms with Crippen LogP contribution in [-0.4, -0.2) is 14.4 Å². The Bertz CT molecular complexity index is 692. The smallest absolute Gasteiger partial charge is 0.159 e. The number of aromatic nitrogens is 3. The fourth-order valence-corrected chi connectivity index (χ4v) is 2.43. The van der Waals surface area contributed by atoms with Crippen LogP contribution < -0.4 is 0 Å². The summed E-state index contributed by atoms with van der Waals surface area (Å²) in [4.78, 5) is 8.53. The zero-order valence-electron chi connectivity index (χ0n) is 9.35. The van der Waals surface area contributed by atoms with Gasteiger partial charge in [0.05, 0.1) is 6.20 Å². The second kappa shape index (κ2) is 4.59. The van der Waals surface area contributed by atoms with Gasteiger partial charge in [0.2, 0.25) is 0 Å². The number of fused-ring (bicyclic) bond motifs is 1. The molecule has 0 N–H and O–H groups in total. The van der Waals surface area contributed by atoms with Crippen molar-refractivity contribution in [1.82, 2.24) is 14.4 Å². The molecule has 1 aromatic carbocycles. The summed E-state index contributed by atoms with van der Waals surface area (Å²) in [6, 6.07) is 11.7. The average Bonchev–Trinajstić information content (AvgIpc) is 2.73. The third-order valence-electron chi connectivity index (χ3n) is 2.69. The highest BCUT2D eigenvalue weighted by Gasteiger charge is 2.09. The summed E-state index contributed by atoms with van der Waals surface area (Å²) in [6.07, 6.45) is 2.38. The molecule has 0 spiro atoms. The van der Waals surface area contributed by atoms with E-state index in [9.17, 15) is 0 Å². The van der Waals surface area contributed by atoms with E-state index in [2.05, 4.69) is 22.1 Å². The Kier molecular flexibility index (Phi) is 2.94. The van der Waals surface area contributed by atoms with E-state index in [4.69, 9.17) is 23.2 Å². The molecule has 3 rings (SSSR count). The number of hydrogen-bond acceptors (Lipinski definition) is 2. The van der Waals surface area contributed by atoms with E-state index in [0.717, 1.165) is 5.82 Å². The SMILES string of the molecule is Clc1cc(Cl)n2c(Cc3ccccc3)ncc2n1. The highest BCUT2D eigenvalue weighted by Crippen LogP contribution is 2.20. The van der Waals surface area contributed by atoms with E-state index < -0.39 is 0 Å². The topological polar surface area (TPSA) is 30.2 Å². The molecule has 2 aromatic heterocycles. The van der Waals surface area contributed by atoms with Gasteiger partial charge in [-0.2, -0.15) is 0 Å². The number of imidazole rings is 1. The van der Waals surface area contributed by atoms with Crippen LogP contribution >= 0.6 is 23.2 Å². The quantitative estimate of drug-likeness (QED) is 0.670. The van der Waals surface area contributed by atoms with E-state index in [1.54, 1.807) is 16.7 Å². The van der Waals surface area contributed by atoms with E-state index >= 15 is 0 Å². The first-order valence-electron chi connectivity index (χ1n) is 5.46. The van der Waals surface area contributed by atoms with Crippen molar-refractivity contribution < 1.29 is 0 Å². The van der Waals surface area contributed by atoms with Gasteiger partial charge in [0.1, 0.15) is 16.1 Å². The van der Waals surface area contributed by atoms with E-state index in [0.29, 0.717) is 22.4 Å². The second-order valence-electron chi connectivity index (χ2n) is 3.93. The fourth-order valence-electron chi connectivity index (χ4n) is 1.90. The number of halogens is 2. The lowest BCUT2D eigenvalue weighted by atomic mass is 10.1. The number of benzene rings is 1. The van der Waals surface area contributed by atoms with Crippen LogP contribution in [0.25, 0.3) is 5.65 Å². The molecule has 0 amide bonds. The highest BCUT2D eigenvalue weighted by atomic mass is 35.5. The molecule has 0 saturated heterocycles. The Morgan fingerprint density at radius 2 is 1.89 bits per heavy atom. The van der Waals surface area contributed by atoms with Gasteiger partial charge in [-0.3, -0.25) is 4.40 Å². The van der Waals surface area contributed by atoms with Crippen molar-refractivity contribution in [3.8, 4) is 0 Å². The van der Waals surface area contributed by atoms with Gasteiger partial charge in [-0.25, -0.2) is 9.97 Å². The molecule has 0 bridgehead atoms. The minimum absolute atomic E-state index is 0.374. The lowest BCUT2D eigenvalue weighted by molar-refractivity contribution is 0.952. The van der Waals surface area contributed by atoms with Gasteiger partial charge in [-0.15, -0.1) is 0 Å². The lowest BCUT2D eigenvalue weighted by Gasteiger charge is -2.04. The van der Waals surface area contributed by atoms with Crippen LogP contribution in [0.4, 0.5) is 0 Å². The summed E-state index contributed by atoms with van der Waals surface area (Å²) in [5.41, 5.74) is 1.84. The molecule has 0 atom stereocenters. The molecule has 0 unspecified atom stereocenters. The Hall–Kier alpha value is -1.58. The molecule has 5 heteroatoms. The van der Waals surface area contributed by atoms with Crippen LogP contribution in [0.1, 0.15) is 11.4 Å². The molecule has 0 fully saturated rings. The summed E-state index contributed by atoms with van der Waals surface area (Å²) in [6.45, 7) is 0. The van der Waals surface area contributed by atoms with Crippen molar-refractivity contribution in [3.63, 3.8) is 0 Å². The van der Waals surface area contributed by atoms with Gasteiger partial charge < -0.3 is 0 Å². The van der Waals surface area contributed by atoms with Gasteiger partial charge in [0.25, 0.3) is 0 Å². The highest BCUT2D eigenvalue weighted by molar-refractivity contribution is 6.33. The zero-order chi connectivity index (χ0) is 12.5. The van der Waals surface area contributed by atoms with Gasteiger partial charge in [-0.05, 0) is 5.56 Å². The van der Waals surface area contributed by atoms with Crippen molar-refractivity contribution in [3.05, 3.63) is 64.3 Å². The largest absolute Gasteiger partial charge is 0.270 e. The number of hydrogen-bond donors (Lipinski definition) is 0. The summed E-state index contributed by atoms with van der Waals surface area (Å²) < 4.78 is 1.81. The monoisotopic (exact) mass is 277 g/mol. The molecular weight excluding hydrogens is 269 g/mol. The molecule has 0 aliphatic heterocycles. The third-order valence-corrected chi connectivity index (χ3v) is 3.17. The van der Waals surface area contributed by atoms with Crippen molar-refractivity contribution in [2.75, 3.05) is 0 Å². The summed E-state index contributed by atoms with van der Waals surface area (Å²) >= 11 is 12.0. The van der Waals surface area contributed by atoms with Crippen LogP contribution in [0, 0.1) is 0 Å². The first kappa shape index (κ1) is 11.5. The molecule has 2 heterocycles. The Morgan fingerprint density at radius 3 is 2.67 bits per heavy atom. The first-order valence-corrected chi connectivity index (χ1v) is 6.22. The summed E-state index contributed by atoms with van der Waals surface area (Å²) in [7, 11) is 0. The number of rotatable bonds is 2. The fraction of sp³-hybridized carbons (Fsp3) is 0.0769. The van der Waals surface area contributed by atoms with Crippen molar-refractivity contribution in [2.45, 2.75) is 6.42 Å².